The molecule has 0 fully saturated rings. The lowest BCUT2D eigenvalue weighted by molar-refractivity contribution is 0.0977. The van der Waals surface area contributed by atoms with Gasteiger partial charge in [-0.15, -0.1) is 0 Å². The molecule has 2 rings (SSSR count). The van der Waals surface area contributed by atoms with E-state index in [-0.39, 0.29) is 5.11 Å². The van der Waals surface area contributed by atoms with E-state index in [1.807, 2.05) is 0 Å². The third kappa shape index (κ3) is 4.74. The summed E-state index contributed by atoms with van der Waals surface area (Å²) in [6, 6.07) is 10.1. The molecule has 0 bridgehead atoms. The first-order valence-corrected chi connectivity index (χ1v) is 7.95. The van der Waals surface area contributed by atoms with Crippen molar-refractivity contribution in [2.45, 2.75) is 0 Å². The molecule has 2 N–H and O–H groups in total. The highest BCUT2D eigenvalue weighted by atomic mass is 35.5. The van der Waals surface area contributed by atoms with Gasteiger partial charge in [0.25, 0.3) is 5.91 Å². The standard InChI is InChI=1S/C17H17ClN2O4S/c1-22-13-7-10(8-14(23-2)15(13)24-3)16(21)20-17(25)19-12-6-4-5-11(18)9-12/h4-9H,1-3H3,(H2,19,20,21,25). The molecule has 0 aliphatic rings. The van der Waals surface area contributed by atoms with Crippen LogP contribution in [0.4, 0.5) is 5.69 Å². The van der Waals surface area contributed by atoms with Gasteiger partial charge in [-0.25, -0.2) is 0 Å². The molecule has 25 heavy (non-hydrogen) atoms. The molecule has 0 atom stereocenters. The van der Waals surface area contributed by atoms with Crippen LogP contribution in [0.2, 0.25) is 5.02 Å². The van der Waals surface area contributed by atoms with Crippen molar-refractivity contribution in [2.24, 2.45) is 0 Å². The molecule has 2 aromatic rings. The van der Waals surface area contributed by atoms with Gasteiger partial charge in [-0.3, -0.25) is 10.1 Å². The average molecular weight is 381 g/mol. The van der Waals surface area contributed by atoms with E-state index in [2.05, 4.69) is 10.6 Å². The minimum atomic E-state index is -0.418. The van der Waals surface area contributed by atoms with Gasteiger partial charge in [0, 0.05) is 16.3 Å². The molecular weight excluding hydrogens is 364 g/mol. The van der Waals surface area contributed by atoms with Crippen LogP contribution in [0, 0.1) is 0 Å². The first-order chi connectivity index (χ1) is 12.0. The Morgan fingerprint density at radius 1 is 1.04 bits per heavy atom. The van der Waals surface area contributed by atoms with Crippen molar-refractivity contribution in [1.29, 1.82) is 0 Å². The SMILES string of the molecule is COc1cc(C(=O)NC(=S)Nc2cccc(Cl)c2)cc(OC)c1OC. The monoisotopic (exact) mass is 380 g/mol. The fourth-order valence-electron chi connectivity index (χ4n) is 2.12. The molecule has 0 spiro atoms. The van der Waals surface area contributed by atoms with Gasteiger partial charge in [0.1, 0.15) is 0 Å². The molecule has 132 valence electrons. The van der Waals surface area contributed by atoms with Gasteiger partial charge in [0.15, 0.2) is 16.6 Å². The molecule has 0 aromatic heterocycles. The highest BCUT2D eigenvalue weighted by Crippen LogP contribution is 2.38. The molecular formula is C17H17ClN2O4S. The van der Waals surface area contributed by atoms with E-state index in [4.69, 9.17) is 38.0 Å². The molecule has 2 aromatic carbocycles. The van der Waals surface area contributed by atoms with Crippen molar-refractivity contribution in [3.8, 4) is 17.2 Å². The summed E-state index contributed by atoms with van der Waals surface area (Å²) in [7, 11) is 4.44. The summed E-state index contributed by atoms with van der Waals surface area (Å²) < 4.78 is 15.7. The number of rotatable bonds is 5. The summed E-state index contributed by atoms with van der Waals surface area (Å²) in [6.45, 7) is 0. The summed E-state index contributed by atoms with van der Waals surface area (Å²) in [5.41, 5.74) is 0.979. The number of carbonyl (C=O) groups is 1. The number of carbonyl (C=O) groups excluding carboxylic acids is 1. The van der Waals surface area contributed by atoms with Gasteiger partial charge in [0.05, 0.1) is 21.3 Å². The second-order valence-corrected chi connectivity index (χ2v) is 5.68. The van der Waals surface area contributed by atoms with Crippen molar-refractivity contribution in [1.82, 2.24) is 5.32 Å². The zero-order valence-electron chi connectivity index (χ0n) is 13.9. The molecule has 8 heteroatoms. The largest absolute Gasteiger partial charge is 0.493 e. The van der Waals surface area contributed by atoms with Crippen molar-refractivity contribution < 1.29 is 19.0 Å². The van der Waals surface area contributed by atoms with E-state index >= 15 is 0 Å². The highest BCUT2D eigenvalue weighted by Gasteiger charge is 2.17. The number of thiocarbonyl (C=S) groups is 1. The predicted octanol–water partition coefficient (Wildman–Crippen LogP) is 3.49. The number of ether oxygens (including phenoxy) is 3. The van der Waals surface area contributed by atoms with Crippen LogP contribution in [-0.2, 0) is 0 Å². The van der Waals surface area contributed by atoms with Gasteiger partial charge in [-0.05, 0) is 42.5 Å². The van der Waals surface area contributed by atoms with E-state index in [9.17, 15) is 4.79 Å². The summed E-state index contributed by atoms with van der Waals surface area (Å²) in [5, 5.41) is 6.18. The van der Waals surface area contributed by atoms with Crippen LogP contribution in [0.25, 0.3) is 0 Å². The third-order valence-electron chi connectivity index (χ3n) is 3.24. The van der Waals surface area contributed by atoms with E-state index < -0.39 is 5.91 Å². The van der Waals surface area contributed by atoms with Crippen molar-refractivity contribution >= 4 is 40.5 Å². The Morgan fingerprint density at radius 2 is 1.68 bits per heavy atom. The fourth-order valence-corrected chi connectivity index (χ4v) is 2.52. The maximum absolute atomic E-state index is 12.4. The lowest BCUT2D eigenvalue weighted by Gasteiger charge is -2.14. The number of benzene rings is 2. The van der Waals surface area contributed by atoms with E-state index in [1.165, 1.54) is 21.3 Å². The van der Waals surface area contributed by atoms with Gasteiger partial charge >= 0.3 is 0 Å². The molecule has 0 saturated heterocycles. The minimum Gasteiger partial charge on any atom is -0.493 e. The molecule has 6 nitrogen and oxygen atoms in total. The van der Waals surface area contributed by atoms with E-state index in [1.54, 1.807) is 36.4 Å². The third-order valence-corrected chi connectivity index (χ3v) is 3.68. The number of methoxy groups -OCH3 is 3. The summed E-state index contributed by atoms with van der Waals surface area (Å²) >= 11 is 11.1. The number of hydrogen-bond acceptors (Lipinski definition) is 5. The summed E-state index contributed by atoms with van der Waals surface area (Å²) in [6.07, 6.45) is 0. The number of halogens is 1. The van der Waals surface area contributed by atoms with Gasteiger partial charge in [0.2, 0.25) is 5.75 Å². The Hall–Kier alpha value is -2.51. The van der Waals surface area contributed by atoms with Crippen LogP contribution in [0.1, 0.15) is 10.4 Å². The smallest absolute Gasteiger partial charge is 0.257 e. The summed E-state index contributed by atoms with van der Waals surface area (Å²) in [4.78, 5) is 12.4. The van der Waals surface area contributed by atoms with Crippen LogP contribution in [0.5, 0.6) is 17.2 Å². The average Bonchev–Trinajstić information content (AvgIpc) is 2.60. The lowest BCUT2D eigenvalue weighted by Crippen LogP contribution is -2.34. The van der Waals surface area contributed by atoms with Crippen molar-refractivity contribution in [2.75, 3.05) is 26.6 Å². The quantitative estimate of drug-likeness (QED) is 0.774. The molecule has 1 amide bonds. The molecule has 0 heterocycles. The molecule has 0 aliphatic heterocycles. The fraction of sp³-hybridized carbons (Fsp3) is 0.176. The van der Waals surface area contributed by atoms with Crippen LogP contribution in [0.15, 0.2) is 36.4 Å². The Bertz CT molecular complexity index is 773. The number of anilines is 1. The Labute approximate surface area is 156 Å². The number of nitrogens with one attached hydrogen (secondary N) is 2. The zero-order valence-corrected chi connectivity index (χ0v) is 15.5. The van der Waals surface area contributed by atoms with E-state index in [0.29, 0.717) is 33.5 Å². The minimum absolute atomic E-state index is 0.140. The second kappa shape index (κ2) is 8.55. The van der Waals surface area contributed by atoms with Crippen LogP contribution in [0.3, 0.4) is 0 Å². The summed E-state index contributed by atoms with van der Waals surface area (Å²) in [5.74, 6) is 0.737. The van der Waals surface area contributed by atoms with Gasteiger partial charge < -0.3 is 19.5 Å². The Kier molecular flexibility index (Phi) is 6.44. The normalized spacial score (nSPS) is 9.92. The zero-order chi connectivity index (χ0) is 18.4. The Balaban J connectivity index is 2.16. The first-order valence-electron chi connectivity index (χ1n) is 7.16. The van der Waals surface area contributed by atoms with Crippen molar-refractivity contribution in [3.05, 3.63) is 47.0 Å². The molecule has 0 saturated carbocycles. The van der Waals surface area contributed by atoms with Crippen LogP contribution < -0.4 is 24.8 Å². The number of amides is 1. The lowest BCUT2D eigenvalue weighted by atomic mass is 10.1. The highest BCUT2D eigenvalue weighted by molar-refractivity contribution is 7.80. The first kappa shape index (κ1) is 18.8. The van der Waals surface area contributed by atoms with Crippen LogP contribution in [-0.4, -0.2) is 32.3 Å². The maximum Gasteiger partial charge on any atom is 0.257 e. The molecule has 0 aliphatic carbocycles. The topological polar surface area (TPSA) is 68.8 Å². The number of hydrogen-bond donors (Lipinski definition) is 2. The van der Waals surface area contributed by atoms with E-state index in [0.717, 1.165) is 0 Å². The second-order valence-electron chi connectivity index (χ2n) is 4.83. The maximum atomic E-state index is 12.4. The van der Waals surface area contributed by atoms with Crippen LogP contribution >= 0.6 is 23.8 Å². The Morgan fingerprint density at radius 3 is 2.20 bits per heavy atom. The predicted molar refractivity (Wildman–Crippen MR) is 101 cm³/mol. The van der Waals surface area contributed by atoms with Gasteiger partial charge in [-0.2, -0.15) is 0 Å². The molecule has 0 unspecified atom stereocenters. The molecule has 0 radical (unpaired) electrons. The van der Waals surface area contributed by atoms with Crippen molar-refractivity contribution in [3.63, 3.8) is 0 Å². The van der Waals surface area contributed by atoms with Gasteiger partial charge in [-0.1, -0.05) is 17.7 Å².